The summed E-state index contributed by atoms with van der Waals surface area (Å²) in [4.78, 5) is 0. The van der Waals surface area contributed by atoms with Crippen molar-refractivity contribution >= 4 is 0 Å². The van der Waals surface area contributed by atoms with E-state index >= 15 is 0 Å². The minimum Gasteiger partial charge on any atom is -0.326 e. The van der Waals surface area contributed by atoms with Gasteiger partial charge in [0.15, 0.2) is 0 Å². The van der Waals surface area contributed by atoms with Crippen LogP contribution in [0.5, 0.6) is 0 Å². The third-order valence-electron chi connectivity index (χ3n) is 7.39. The molecule has 2 bridgehead atoms. The minimum atomic E-state index is 0.921. The molecule has 2 heterocycles. The standard InChI is InChI=1S/C19H34N2/c1-20(9-3-4-10-20)14-18-16-7-8-17(13-16)19(18)15-21(2)11-5-6-12-21/h7-8,16-19H,3-6,9-15H2,1-2H3/q+2. The molecule has 4 unspecified atom stereocenters. The topological polar surface area (TPSA) is 0 Å². The van der Waals surface area contributed by atoms with Crippen LogP contribution in [0.3, 0.4) is 0 Å². The molecule has 2 aliphatic heterocycles. The van der Waals surface area contributed by atoms with Gasteiger partial charge in [-0.1, -0.05) is 12.2 Å². The molecular weight excluding hydrogens is 256 g/mol. The second kappa shape index (κ2) is 5.09. The van der Waals surface area contributed by atoms with E-state index in [9.17, 15) is 0 Å². The maximum Gasteiger partial charge on any atom is 0.0824 e. The second-order valence-electron chi connectivity index (χ2n) is 9.19. The zero-order chi connectivity index (χ0) is 14.5. The molecule has 0 aromatic heterocycles. The summed E-state index contributed by atoms with van der Waals surface area (Å²) in [6, 6.07) is 0. The SMILES string of the molecule is C[N+]1(CC2C3C=CC(C3)C2C[N+]2(C)CCCC2)CCCC1. The lowest BCUT2D eigenvalue weighted by atomic mass is 9.81. The monoisotopic (exact) mass is 290 g/mol. The lowest BCUT2D eigenvalue weighted by molar-refractivity contribution is -0.909. The van der Waals surface area contributed by atoms with Crippen molar-refractivity contribution in [3.63, 3.8) is 0 Å². The highest BCUT2D eigenvalue weighted by Crippen LogP contribution is 2.50. The van der Waals surface area contributed by atoms with Crippen LogP contribution in [0, 0.1) is 23.7 Å². The summed E-state index contributed by atoms with van der Waals surface area (Å²) in [5.41, 5.74) is 0. The number of fused-ring (bicyclic) bond motifs is 2. The lowest BCUT2D eigenvalue weighted by Gasteiger charge is -2.40. The van der Waals surface area contributed by atoms with Gasteiger partial charge in [0.2, 0.25) is 0 Å². The fourth-order valence-electron chi connectivity index (χ4n) is 6.15. The summed E-state index contributed by atoms with van der Waals surface area (Å²) in [5, 5.41) is 0. The molecule has 21 heavy (non-hydrogen) atoms. The van der Waals surface area contributed by atoms with Crippen molar-refractivity contribution in [1.29, 1.82) is 0 Å². The molecule has 2 aliphatic carbocycles. The number of hydrogen-bond donors (Lipinski definition) is 0. The van der Waals surface area contributed by atoms with Gasteiger partial charge in [0, 0.05) is 37.5 Å². The fourth-order valence-corrected chi connectivity index (χ4v) is 6.15. The molecule has 4 aliphatic rings. The van der Waals surface area contributed by atoms with Gasteiger partial charge in [-0.15, -0.1) is 0 Å². The molecule has 4 atom stereocenters. The van der Waals surface area contributed by atoms with Gasteiger partial charge in [0.1, 0.15) is 0 Å². The van der Waals surface area contributed by atoms with E-state index in [1.54, 1.807) is 0 Å². The van der Waals surface area contributed by atoms with Gasteiger partial charge in [-0.05, 0) is 18.3 Å². The van der Waals surface area contributed by atoms with Gasteiger partial charge in [0.25, 0.3) is 0 Å². The largest absolute Gasteiger partial charge is 0.326 e. The Balaban J connectivity index is 1.49. The summed E-state index contributed by atoms with van der Waals surface area (Å²) < 4.78 is 2.75. The zero-order valence-corrected chi connectivity index (χ0v) is 14.1. The van der Waals surface area contributed by atoms with E-state index in [4.69, 9.17) is 0 Å². The predicted molar refractivity (Wildman–Crippen MR) is 87.8 cm³/mol. The van der Waals surface area contributed by atoms with Crippen molar-refractivity contribution in [2.75, 3.05) is 53.4 Å². The summed E-state index contributed by atoms with van der Waals surface area (Å²) >= 11 is 0. The van der Waals surface area contributed by atoms with Crippen LogP contribution >= 0.6 is 0 Å². The lowest BCUT2D eigenvalue weighted by Crippen LogP contribution is -2.51. The molecule has 2 heteroatoms. The average Bonchev–Trinajstić information content (AvgIpc) is 3.18. The number of allylic oxidation sites excluding steroid dienone is 2. The van der Waals surface area contributed by atoms with Crippen LogP contribution in [0.1, 0.15) is 32.1 Å². The van der Waals surface area contributed by atoms with E-state index in [2.05, 4.69) is 26.2 Å². The van der Waals surface area contributed by atoms with E-state index < -0.39 is 0 Å². The van der Waals surface area contributed by atoms with E-state index in [1.165, 1.54) is 80.3 Å². The highest BCUT2D eigenvalue weighted by molar-refractivity contribution is 5.13. The number of hydrogen-bond acceptors (Lipinski definition) is 0. The van der Waals surface area contributed by atoms with Gasteiger partial charge in [-0.3, -0.25) is 0 Å². The molecule has 0 aromatic rings. The number of quaternary nitrogens is 2. The molecule has 0 radical (unpaired) electrons. The van der Waals surface area contributed by atoms with Crippen LogP contribution < -0.4 is 0 Å². The van der Waals surface area contributed by atoms with Crippen LogP contribution in [-0.2, 0) is 0 Å². The molecule has 2 saturated heterocycles. The highest BCUT2D eigenvalue weighted by atomic mass is 15.4. The molecule has 0 spiro atoms. The molecule has 0 N–H and O–H groups in total. The minimum absolute atomic E-state index is 0.921. The van der Waals surface area contributed by atoms with Crippen molar-refractivity contribution < 1.29 is 8.97 Å². The van der Waals surface area contributed by atoms with Crippen molar-refractivity contribution in [3.05, 3.63) is 12.2 Å². The normalized spacial score (nSPS) is 43.0. The molecular formula is C19H34N2+2. The van der Waals surface area contributed by atoms with Crippen molar-refractivity contribution in [2.24, 2.45) is 23.7 Å². The Hall–Kier alpha value is -0.340. The number of likely N-dealkylation sites (tertiary alicyclic amines) is 2. The Kier molecular flexibility index (Phi) is 3.46. The predicted octanol–water partition coefficient (Wildman–Crippen LogP) is 2.91. The molecule has 4 rings (SSSR count). The quantitative estimate of drug-likeness (QED) is 0.552. The van der Waals surface area contributed by atoms with Gasteiger partial charge < -0.3 is 8.97 Å². The van der Waals surface area contributed by atoms with Crippen LogP contribution in [0.4, 0.5) is 0 Å². The highest BCUT2D eigenvalue weighted by Gasteiger charge is 2.50. The van der Waals surface area contributed by atoms with E-state index in [1.807, 2.05) is 0 Å². The van der Waals surface area contributed by atoms with Gasteiger partial charge in [-0.25, -0.2) is 0 Å². The van der Waals surface area contributed by atoms with E-state index in [-0.39, 0.29) is 0 Å². The van der Waals surface area contributed by atoms with Crippen LogP contribution in [-0.4, -0.2) is 62.3 Å². The third-order valence-corrected chi connectivity index (χ3v) is 7.39. The van der Waals surface area contributed by atoms with Crippen LogP contribution in [0.2, 0.25) is 0 Å². The summed E-state index contributed by atoms with van der Waals surface area (Å²) in [6.45, 7) is 8.70. The Labute approximate surface area is 131 Å². The fraction of sp³-hybridized carbons (Fsp3) is 0.895. The molecule has 0 amide bonds. The van der Waals surface area contributed by atoms with Crippen LogP contribution in [0.25, 0.3) is 0 Å². The summed E-state index contributed by atoms with van der Waals surface area (Å²) in [7, 11) is 5.07. The molecule has 1 saturated carbocycles. The molecule has 118 valence electrons. The first-order valence-corrected chi connectivity index (χ1v) is 9.42. The summed E-state index contributed by atoms with van der Waals surface area (Å²) in [6.07, 6.45) is 12.5. The van der Waals surface area contributed by atoms with Crippen LogP contribution in [0.15, 0.2) is 12.2 Å². The zero-order valence-electron chi connectivity index (χ0n) is 14.1. The van der Waals surface area contributed by atoms with E-state index in [0.717, 1.165) is 23.7 Å². The average molecular weight is 290 g/mol. The maximum atomic E-state index is 2.58. The molecule has 2 nitrogen and oxygen atoms in total. The number of rotatable bonds is 4. The number of nitrogens with zero attached hydrogens (tertiary/aromatic N) is 2. The second-order valence-corrected chi connectivity index (χ2v) is 9.19. The van der Waals surface area contributed by atoms with Crippen molar-refractivity contribution in [3.8, 4) is 0 Å². The maximum absolute atomic E-state index is 2.58. The molecule has 3 fully saturated rings. The summed E-state index contributed by atoms with van der Waals surface area (Å²) in [5.74, 6) is 3.81. The van der Waals surface area contributed by atoms with Gasteiger partial charge >= 0.3 is 0 Å². The smallest absolute Gasteiger partial charge is 0.0824 e. The Morgan fingerprint density at radius 1 is 0.714 bits per heavy atom. The van der Waals surface area contributed by atoms with Crippen molar-refractivity contribution in [2.45, 2.75) is 32.1 Å². The first kappa shape index (κ1) is 14.3. The molecule has 0 aromatic carbocycles. The third kappa shape index (κ3) is 2.59. The van der Waals surface area contributed by atoms with Gasteiger partial charge in [0.05, 0.1) is 53.4 Å². The first-order valence-electron chi connectivity index (χ1n) is 9.42. The Bertz CT molecular complexity index is 377. The van der Waals surface area contributed by atoms with Crippen molar-refractivity contribution in [1.82, 2.24) is 0 Å². The Morgan fingerprint density at radius 2 is 1.10 bits per heavy atom. The van der Waals surface area contributed by atoms with Gasteiger partial charge in [-0.2, -0.15) is 0 Å². The first-order chi connectivity index (χ1) is 10.1. The van der Waals surface area contributed by atoms with E-state index in [0.29, 0.717) is 0 Å². The Morgan fingerprint density at radius 3 is 1.48 bits per heavy atom.